The molecule has 0 saturated carbocycles. The van der Waals surface area contributed by atoms with Crippen molar-refractivity contribution in [2.75, 3.05) is 0 Å². The largest absolute Gasteiger partial charge is 0.456 e. The van der Waals surface area contributed by atoms with Crippen LogP contribution < -0.4 is 5.32 Å². The van der Waals surface area contributed by atoms with Crippen molar-refractivity contribution in [3.8, 4) is 11.3 Å². The number of nitrogens with one attached hydrogen (secondary N) is 1. The number of aryl methyl sites for hydroxylation is 1. The Morgan fingerprint density at radius 1 is 1.05 bits per heavy atom. The van der Waals surface area contributed by atoms with E-state index in [0.717, 1.165) is 23.3 Å². The maximum Gasteiger partial charge on any atom is 0.137 e. The molecule has 2 aromatic carbocycles. The number of para-hydroxylation sites is 1. The van der Waals surface area contributed by atoms with Crippen LogP contribution in [-0.2, 0) is 6.54 Å². The van der Waals surface area contributed by atoms with Crippen LogP contribution in [0.4, 0.5) is 0 Å². The predicted molar refractivity (Wildman–Crippen MR) is 88.4 cm³/mol. The van der Waals surface area contributed by atoms with Gasteiger partial charge in [0, 0.05) is 23.5 Å². The lowest BCUT2D eigenvalue weighted by Crippen LogP contribution is -2.22. The quantitative estimate of drug-likeness (QED) is 0.734. The fourth-order valence-electron chi connectivity index (χ4n) is 2.57. The van der Waals surface area contributed by atoms with Crippen molar-refractivity contribution >= 4 is 11.0 Å². The van der Waals surface area contributed by atoms with E-state index in [0.29, 0.717) is 6.04 Å². The van der Waals surface area contributed by atoms with Crippen molar-refractivity contribution in [3.05, 3.63) is 59.7 Å². The molecule has 0 amide bonds. The van der Waals surface area contributed by atoms with E-state index in [4.69, 9.17) is 4.42 Å². The lowest BCUT2D eigenvalue weighted by molar-refractivity contribution is 0.586. The molecule has 0 atom stereocenters. The second kappa shape index (κ2) is 5.74. The smallest absolute Gasteiger partial charge is 0.137 e. The van der Waals surface area contributed by atoms with Crippen LogP contribution in [0.25, 0.3) is 22.3 Å². The minimum atomic E-state index is 0.468. The third-order valence-electron chi connectivity index (χ3n) is 3.72. The van der Waals surface area contributed by atoms with Crippen LogP contribution in [-0.4, -0.2) is 6.04 Å². The van der Waals surface area contributed by atoms with E-state index in [-0.39, 0.29) is 0 Å². The molecule has 1 N–H and O–H groups in total. The number of fused-ring (bicyclic) bond motifs is 1. The summed E-state index contributed by atoms with van der Waals surface area (Å²) < 4.78 is 6.10. The third-order valence-corrected chi connectivity index (χ3v) is 3.72. The minimum absolute atomic E-state index is 0.468. The first-order chi connectivity index (χ1) is 10.1. The van der Waals surface area contributed by atoms with Gasteiger partial charge < -0.3 is 9.73 Å². The first-order valence-corrected chi connectivity index (χ1v) is 7.46. The van der Waals surface area contributed by atoms with Crippen LogP contribution in [0.5, 0.6) is 0 Å². The fourth-order valence-corrected chi connectivity index (χ4v) is 2.57. The molecule has 0 spiro atoms. The zero-order valence-electron chi connectivity index (χ0n) is 12.8. The van der Waals surface area contributed by atoms with Gasteiger partial charge in [-0.25, -0.2) is 0 Å². The predicted octanol–water partition coefficient (Wildman–Crippen LogP) is 4.91. The molecule has 0 aliphatic heterocycles. The van der Waals surface area contributed by atoms with Gasteiger partial charge in [-0.2, -0.15) is 0 Å². The lowest BCUT2D eigenvalue weighted by atomic mass is 10.0. The first kappa shape index (κ1) is 13.9. The zero-order chi connectivity index (χ0) is 14.8. The fraction of sp³-hybridized carbons (Fsp3) is 0.263. The van der Waals surface area contributed by atoms with Gasteiger partial charge in [-0.3, -0.25) is 0 Å². The second-order valence-electron chi connectivity index (χ2n) is 5.80. The van der Waals surface area contributed by atoms with Crippen molar-refractivity contribution in [1.29, 1.82) is 0 Å². The molecule has 1 heterocycles. The first-order valence-electron chi connectivity index (χ1n) is 7.46. The molecule has 2 nitrogen and oxygen atoms in total. The summed E-state index contributed by atoms with van der Waals surface area (Å²) in [5, 5.41) is 4.64. The van der Waals surface area contributed by atoms with Gasteiger partial charge in [0.2, 0.25) is 0 Å². The Balaban J connectivity index is 2.04. The summed E-state index contributed by atoms with van der Waals surface area (Å²) in [5.41, 5.74) is 4.60. The van der Waals surface area contributed by atoms with E-state index in [2.05, 4.69) is 74.6 Å². The van der Waals surface area contributed by atoms with Crippen molar-refractivity contribution in [3.63, 3.8) is 0 Å². The highest BCUT2D eigenvalue weighted by Gasteiger charge is 2.11. The highest BCUT2D eigenvalue weighted by atomic mass is 16.3. The molecule has 21 heavy (non-hydrogen) atoms. The Hall–Kier alpha value is -2.06. The van der Waals surface area contributed by atoms with Gasteiger partial charge in [0.25, 0.3) is 0 Å². The van der Waals surface area contributed by atoms with E-state index < -0.39 is 0 Å². The summed E-state index contributed by atoms with van der Waals surface area (Å²) >= 11 is 0. The van der Waals surface area contributed by atoms with E-state index >= 15 is 0 Å². The average molecular weight is 279 g/mol. The Morgan fingerprint density at radius 2 is 1.86 bits per heavy atom. The van der Waals surface area contributed by atoms with E-state index in [9.17, 15) is 0 Å². The molecular weight excluding hydrogens is 258 g/mol. The third kappa shape index (κ3) is 2.86. The Labute approximate surface area is 125 Å². The molecule has 0 bridgehead atoms. The number of rotatable bonds is 4. The van der Waals surface area contributed by atoms with Gasteiger partial charge in [-0.05, 0) is 24.1 Å². The van der Waals surface area contributed by atoms with Crippen molar-refractivity contribution in [1.82, 2.24) is 5.32 Å². The molecule has 108 valence electrons. The van der Waals surface area contributed by atoms with E-state index in [1.165, 1.54) is 16.7 Å². The van der Waals surface area contributed by atoms with Crippen LogP contribution in [0.15, 0.2) is 52.9 Å². The molecule has 0 unspecified atom stereocenters. The van der Waals surface area contributed by atoms with E-state index in [1.807, 2.05) is 0 Å². The molecule has 3 aromatic rings. The van der Waals surface area contributed by atoms with Gasteiger partial charge in [0.15, 0.2) is 0 Å². The zero-order valence-corrected chi connectivity index (χ0v) is 12.8. The summed E-state index contributed by atoms with van der Waals surface area (Å²) in [6.45, 7) is 7.26. The molecule has 0 aliphatic rings. The molecular formula is C19H21NO. The highest BCUT2D eigenvalue weighted by Crippen LogP contribution is 2.31. The van der Waals surface area contributed by atoms with Gasteiger partial charge in [-0.15, -0.1) is 0 Å². The summed E-state index contributed by atoms with van der Waals surface area (Å²) in [4.78, 5) is 0. The minimum Gasteiger partial charge on any atom is -0.456 e. The van der Waals surface area contributed by atoms with Crippen LogP contribution >= 0.6 is 0 Å². The second-order valence-corrected chi connectivity index (χ2v) is 5.80. The monoisotopic (exact) mass is 279 g/mol. The number of hydrogen-bond acceptors (Lipinski definition) is 2. The van der Waals surface area contributed by atoms with Gasteiger partial charge in [0.05, 0.1) is 0 Å². The Bertz CT molecular complexity index is 755. The van der Waals surface area contributed by atoms with Crippen LogP contribution in [0.2, 0.25) is 0 Å². The summed E-state index contributed by atoms with van der Waals surface area (Å²) in [6, 6.07) is 17.3. The van der Waals surface area contributed by atoms with Gasteiger partial charge in [0.1, 0.15) is 11.3 Å². The van der Waals surface area contributed by atoms with Crippen LogP contribution in [0.3, 0.4) is 0 Å². The Kier molecular flexibility index (Phi) is 3.80. The molecule has 0 aliphatic carbocycles. The summed E-state index contributed by atoms with van der Waals surface area (Å²) in [5.74, 6) is 0.945. The molecule has 0 radical (unpaired) electrons. The number of hydrogen-bond donors (Lipinski definition) is 1. The molecule has 1 aromatic heterocycles. The van der Waals surface area contributed by atoms with Crippen molar-refractivity contribution in [2.24, 2.45) is 0 Å². The topological polar surface area (TPSA) is 25.2 Å². The SMILES string of the molecule is Cc1cccc2cc(-c3ccccc3CNC(C)C)oc12. The number of furan rings is 1. The average Bonchev–Trinajstić information content (AvgIpc) is 2.91. The molecule has 0 fully saturated rings. The standard InChI is InChI=1S/C19H21NO/c1-13(2)20-12-16-8-4-5-10-17(16)18-11-15-9-6-7-14(3)19(15)21-18/h4-11,13,20H,12H2,1-3H3. The van der Waals surface area contributed by atoms with E-state index in [1.54, 1.807) is 0 Å². The lowest BCUT2D eigenvalue weighted by Gasteiger charge is -2.11. The van der Waals surface area contributed by atoms with Gasteiger partial charge in [-0.1, -0.05) is 56.3 Å². The summed E-state index contributed by atoms with van der Waals surface area (Å²) in [6.07, 6.45) is 0. The van der Waals surface area contributed by atoms with Crippen LogP contribution in [0.1, 0.15) is 25.0 Å². The normalized spacial score (nSPS) is 11.4. The summed E-state index contributed by atoms with van der Waals surface area (Å²) in [7, 11) is 0. The highest BCUT2D eigenvalue weighted by molar-refractivity contribution is 5.85. The molecule has 2 heteroatoms. The maximum atomic E-state index is 6.10. The van der Waals surface area contributed by atoms with Crippen molar-refractivity contribution < 1.29 is 4.42 Å². The van der Waals surface area contributed by atoms with Gasteiger partial charge >= 0.3 is 0 Å². The maximum absolute atomic E-state index is 6.10. The van der Waals surface area contributed by atoms with Crippen LogP contribution in [0, 0.1) is 6.92 Å². The number of benzene rings is 2. The molecule has 0 saturated heterocycles. The van der Waals surface area contributed by atoms with Crippen molar-refractivity contribution in [2.45, 2.75) is 33.4 Å². The Morgan fingerprint density at radius 3 is 2.62 bits per heavy atom. The molecule has 3 rings (SSSR count).